The van der Waals surface area contributed by atoms with Crippen molar-refractivity contribution in [3.8, 4) is 0 Å². The number of nitrogens with zero attached hydrogens (tertiary/aromatic N) is 1. The van der Waals surface area contributed by atoms with Gasteiger partial charge in [-0.1, -0.05) is 130 Å². The lowest BCUT2D eigenvalue weighted by Gasteiger charge is -2.19. The molecular weight excluding hydrogens is 763 g/mol. The number of unbranched alkanes of at least 4 members (excludes halogenated alkanes) is 8. The summed E-state index contributed by atoms with van der Waals surface area (Å²) in [4.78, 5) is 64.7. The van der Waals surface area contributed by atoms with Crippen molar-refractivity contribution in [1.29, 1.82) is 0 Å². The molecule has 0 radical (unpaired) electrons. The molecule has 0 aromatic heterocycles. The lowest BCUT2D eigenvalue weighted by atomic mass is 9.92. The third-order valence-electron chi connectivity index (χ3n) is 11.7. The summed E-state index contributed by atoms with van der Waals surface area (Å²) in [5.41, 5.74) is 0. The molecule has 0 N–H and O–H groups in total. The van der Waals surface area contributed by atoms with Crippen LogP contribution in [-0.2, 0) is 47.7 Å². The molecule has 11 heteroatoms. The first-order valence-corrected chi connectivity index (χ1v) is 24.7. The Morgan fingerprint density at radius 2 is 0.767 bits per heavy atom. The van der Waals surface area contributed by atoms with E-state index in [0.29, 0.717) is 57.2 Å². The van der Waals surface area contributed by atoms with Crippen LogP contribution in [0.25, 0.3) is 0 Å². The molecule has 1 rings (SSSR count). The Morgan fingerprint density at radius 1 is 0.400 bits per heavy atom. The number of carbonyl (C=O) groups excluding carboxylic acids is 5. The Balaban J connectivity index is 2.41. The third-order valence-corrected chi connectivity index (χ3v) is 11.7. The zero-order valence-electron chi connectivity index (χ0n) is 38.9. The molecule has 0 unspecified atom stereocenters. The maximum absolute atomic E-state index is 12.8. The maximum Gasteiger partial charge on any atom is 0.306 e. The predicted molar refractivity (Wildman–Crippen MR) is 238 cm³/mol. The van der Waals surface area contributed by atoms with Crippen molar-refractivity contribution in [3.63, 3.8) is 0 Å². The molecule has 1 aliphatic rings. The summed E-state index contributed by atoms with van der Waals surface area (Å²) in [6.07, 6.45) is 25.9. The fraction of sp³-hybridized carbons (Fsp3) is 0.898. The molecule has 1 saturated heterocycles. The fourth-order valence-corrected chi connectivity index (χ4v) is 7.93. The summed E-state index contributed by atoms with van der Waals surface area (Å²) in [7, 11) is 0. The van der Waals surface area contributed by atoms with Crippen LogP contribution in [0, 0.1) is 11.8 Å². The summed E-state index contributed by atoms with van der Waals surface area (Å²) in [5, 5.41) is 0. The fourth-order valence-electron chi connectivity index (χ4n) is 7.93. The average Bonchev–Trinajstić information content (AvgIpc) is 3.76. The minimum absolute atomic E-state index is 0.00839. The molecule has 0 spiro atoms. The van der Waals surface area contributed by atoms with Gasteiger partial charge in [-0.25, -0.2) is 0 Å². The molecule has 0 saturated carbocycles. The lowest BCUT2D eigenvalue weighted by Crippen LogP contribution is -2.23. The molecule has 0 atom stereocenters. The van der Waals surface area contributed by atoms with E-state index in [2.05, 4.69) is 32.6 Å². The van der Waals surface area contributed by atoms with Crippen LogP contribution < -0.4 is 0 Å². The summed E-state index contributed by atoms with van der Waals surface area (Å²) in [6.45, 7) is 13.0. The van der Waals surface area contributed by atoms with E-state index in [1.807, 2.05) is 0 Å². The van der Waals surface area contributed by atoms with E-state index in [-0.39, 0.29) is 56.8 Å². The molecule has 1 heterocycles. The van der Waals surface area contributed by atoms with Crippen LogP contribution in [0.3, 0.4) is 0 Å². The average molecular weight is 852 g/mol. The van der Waals surface area contributed by atoms with Gasteiger partial charge >= 0.3 is 29.8 Å². The molecule has 0 bridgehead atoms. The normalized spacial score (nSPS) is 13.0. The summed E-state index contributed by atoms with van der Waals surface area (Å²) in [5.74, 6) is -0.770. The quantitative estimate of drug-likeness (QED) is 0.0330. The van der Waals surface area contributed by atoms with Gasteiger partial charge in [0.1, 0.15) is 6.10 Å². The zero-order valence-corrected chi connectivity index (χ0v) is 38.9. The van der Waals surface area contributed by atoms with Gasteiger partial charge in [-0.15, -0.1) is 0 Å². The van der Waals surface area contributed by atoms with E-state index < -0.39 is 18.0 Å². The largest absolute Gasteiger partial charge is 0.466 e. The predicted octanol–water partition coefficient (Wildman–Crippen LogP) is 11.4. The number of hydrogen-bond donors (Lipinski definition) is 0. The molecule has 350 valence electrons. The van der Waals surface area contributed by atoms with Crippen LogP contribution in [0.4, 0.5) is 0 Å². The number of esters is 5. The van der Waals surface area contributed by atoms with Gasteiger partial charge in [0.2, 0.25) is 0 Å². The van der Waals surface area contributed by atoms with Crippen LogP contribution in [0.5, 0.6) is 0 Å². The van der Waals surface area contributed by atoms with Gasteiger partial charge in [-0.2, -0.15) is 0 Å². The SMILES string of the molecule is CCCCCC(CCCCC)CCOC(=O)CCC(=O)OCCCC(CCCOC(=O)CCC(=O)OCCC(CCCCC)CCCCC)OC(=O)CCCN1CCCC1. The molecular formula is C49H89NO10. The van der Waals surface area contributed by atoms with Gasteiger partial charge in [0, 0.05) is 6.42 Å². The van der Waals surface area contributed by atoms with Crippen molar-refractivity contribution in [2.24, 2.45) is 11.8 Å². The summed E-state index contributed by atoms with van der Waals surface area (Å²) < 4.78 is 27.6. The van der Waals surface area contributed by atoms with Crippen LogP contribution in [0.15, 0.2) is 0 Å². The van der Waals surface area contributed by atoms with Gasteiger partial charge in [0.25, 0.3) is 0 Å². The van der Waals surface area contributed by atoms with E-state index >= 15 is 0 Å². The van der Waals surface area contributed by atoms with Crippen LogP contribution in [-0.4, -0.2) is 86.9 Å². The van der Waals surface area contributed by atoms with Gasteiger partial charge in [-0.05, 0) is 89.3 Å². The van der Waals surface area contributed by atoms with Crippen molar-refractivity contribution < 1.29 is 47.7 Å². The third kappa shape index (κ3) is 33.0. The Hall–Kier alpha value is -2.69. The Bertz CT molecular complexity index is 1010. The first-order chi connectivity index (χ1) is 29.2. The summed E-state index contributed by atoms with van der Waals surface area (Å²) in [6, 6.07) is 0. The standard InChI is InChI=1S/C49H89NO10/c1-5-9-13-22-42(23-14-10-6-2)33-40-58-47(53)31-29-45(51)56-38-20-26-44(60-49(55)28-19-37-50-35-17-18-36-50)27-21-39-57-46(52)30-32-48(54)59-41-34-43(24-15-11-7-3)25-16-12-8-4/h42-44H,5-41H2,1-4H3. The van der Waals surface area contributed by atoms with Crippen molar-refractivity contribution in [2.75, 3.05) is 46.1 Å². The van der Waals surface area contributed by atoms with Crippen molar-refractivity contribution in [3.05, 3.63) is 0 Å². The van der Waals surface area contributed by atoms with Gasteiger partial charge in [-0.3, -0.25) is 24.0 Å². The molecule has 11 nitrogen and oxygen atoms in total. The molecule has 0 aliphatic carbocycles. The van der Waals surface area contributed by atoms with Crippen LogP contribution >= 0.6 is 0 Å². The second-order valence-corrected chi connectivity index (χ2v) is 17.2. The van der Waals surface area contributed by atoms with Gasteiger partial charge < -0.3 is 28.6 Å². The Kier molecular flexibility index (Phi) is 36.1. The maximum atomic E-state index is 12.8. The highest BCUT2D eigenvalue weighted by Crippen LogP contribution is 2.23. The Labute approximate surface area is 365 Å². The van der Waals surface area contributed by atoms with Gasteiger partial charge in [0.05, 0.1) is 52.1 Å². The molecule has 1 aliphatic heterocycles. The number of carbonyl (C=O) groups is 5. The van der Waals surface area contributed by atoms with E-state index in [9.17, 15) is 24.0 Å². The first kappa shape index (κ1) is 55.3. The van der Waals surface area contributed by atoms with E-state index in [1.165, 1.54) is 116 Å². The number of hydrogen-bond acceptors (Lipinski definition) is 11. The van der Waals surface area contributed by atoms with Crippen molar-refractivity contribution in [2.45, 2.75) is 226 Å². The molecule has 0 aromatic carbocycles. The lowest BCUT2D eigenvalue weighted by molar-refractivity contribution is -0.153. The minimum Gasteiger partial charge on any atom is -0.466 e. The molecule has 60 heavy (non-hydrogen) atoms. The number of likely N-dealkylation sites (tertiary alicyclic amines) is 1. The van der Waals surface area contributed by atoms with Crippen molar-refractivity contribution in [1.82, 2.24) is 4.90 Å². The molecule has 0 aromatic rings. The van der Waals surface area contributed by atoms with E-state index in [4.69, 9.17) is 23.7 Å². The highest BCUT2D eigenvalue weighted by Gasteiger charge is 2.19. The minimum atomic E-state index is -0.454. The van der Waals surface area contributed by atoms with Crippen LogP contribution in [0.1, 0.15) is 220 Å². The number of ether oxygens (including phenoxy) is 5. The zero-order chi connectivity index (χ0) is 43.9. The highest BCUT2D eigenvalue weighted by atomic mass is 16.6. The van der Waals surface area contributed by atoms with E-state index in [1.54, 1.807) is 0 Å². The highest BCUT2D eigenvalue weighted by molar-refractivity contribution is 5.78. The molecule has 0 amide bonds. The van der Waals surface area contributed by atoms with Crippen molar-refractivity contribution >= 4 is 29.8 Å². The van der Waals surface area contributed by atoms with E-state index in [0.717, 1.165) is 38.9 Å². The first-order valence-electron chi connectivity index (χ1n) is 24.7. The topological polar surface area (TPSA) is 135 Å². The van der Waals surface area contributed by atoms with Gasteiger partial charge in [0.15, 0.2) is 0 Å². The number of rotatable bonds is 41. The Morgan fingerprint density at radius 3 is 1.13 bits per heavy atom. The monoisotopic (exact) mass is 852 g/mol. The smallest absolute Gasteiger partial charge is 0.306 e. The summed E-state index contributed by atoms with van der Waals surface area (Å²) >= 11 is 0. The molecule has 1 fully saturated rings. The second kappa shape index (κ2) is 39.2. The second-order valence-electron chi connectivity index (χ2n) is 17.2. The van der Waals surface area contributed by atoms with Crippen LogP contribution in [0.2, 0.25) is 0 Å².